The van der Waals surface area contributed by atoms with Gasteiger partial charge in [-0.25, -0.2) is 8.42 Å². The quantitative estimate of drug-likeness (QED) is 0.743. The van der Waals surface area contributed by atoms with E-state index in [4.69, 9.17) is 5.73 Å². The van der Waals surface area contributed by atoms with Gasteiger partial charge in [0.2, 0.25) is 0 Å². The van der Waals surface area contributed by atoms with Crippen LogP contribution in [0.15, 0.2) is 0 Å². The van der Waals surface area contributed by atoms with E-state index in [1.54, 1.807) is 11.8 Å². The molecule has 0 aromatic rings. The standard InChI is InChI=1S/C10H22N2O2S2/c1-12(9(7-11)3-5-15-2)10-4-6-16(13,14)8-10/h9-10H,3-8,11H2,1-2H3. The molecule has 0 bridgehead atoms. The molecule has 0 aromatic heterocycles. The van der Waals surface area contributed by atoms with E-state index in [0.717, 1.165) is 18.6 Å². The van der Waals surface area contributed by atoms with Gasteiger partial charge in [-0.05, 0) is 31.9 Å². The minimum absolute atomic E-state index is 0.167. The Kier molecular flexibility index (Phi) is 5.56. The molecule has 0 spiro atoms. The molecule has 1 rings (SSSR count). The molecule has 4 nitrogen and oxygen atoms in total. The van der Waals surface area contributed by atoms with Crippen LogP contribution in [0.3, 0.4) is 0 Å². The van der Waals surface area contributed by atoms with Crippen LogP contribution in [0.4, 0.5) is 0 Å². The monoisotopic (exact) mass is 266 g/mol. The lowest BCUT2D eigenvalue weighted by atomic mass is 10.1. The summed E-state index contributed by atoms with van der Waals surface area (Å²) in [5.74, 6) is 1.72. The molecule has 1 aliphatic heterocycles. The molecule has 16 heavy (non-hydrogen) atoms. The Balaban J connectivity index is 2.52. The van der Waals surface area contributed by atoms with Crippen molar-refractivity contribution in [2.24, 2.45) is 5.73 Å². The number of thioether (sulfide) groups is 1. The molecule has 1 saturated heterocycles. The van der Waals surface area contributed by atoms with Crippen molar-refractivity contribution in [3.63, 3.8) is 0 Å². The first-order valence-electron chi connectivity index (χ1n) is 5.61. The van der Waals surface area contributed by atoms with Crippen molar-refractivity contribution in [2.45, 2.75) is 24.9 Å². The molecule has 0 amide bonds. The maximum absolute atomic E-state index is 11.4. The molecule has 1 heterocycles. The van der Waals surface area contributed by atoms with E-state index >= 15 is 0 Å². The summed E-state index contributed by atoms with van der Waals surface area (Å²) >= 11 is 1.80. The van der Waals surface area contributed by atoms with Crippen molar-refractivity contribution in [1.29, 1.82) is 0 Å². The number of hydrogen-bond donors (Lipinski definition) is 1. The van der Waals surface area contributed by atoms with E-state index < -0.39 is 9.84 Å². The summed E-state index contributed by atoms with van der Waals surface area (Å²) in [4.78, 5) is 2.17. The Labute approximate surface area is 103 Å². The fourth-order valence-electron chi connectivity index (χ4n) is 2.14. The van der Waals surface area contributed by atoms with E-state index in [1.807, 2.05) is 7.05 Å². The Morgan fingerprint density at radius 1 is 1.56 bits per heavy atom. The molecular formula is C10H22N2O2S2. The Morgan fingerprint density at radius 2 is 2.25 bits per heavy atom. The normalized spacial score (nSPS) is 26.1. The molecule has 0 saturated carbocycles. The first-order valence-corrected chi connectivity index (χ1v) is 8.83. The highest BCUT2D eigenvalue weighted by molar-refractivity contribution is 7.98. The zero-order valence-corrected chi connectivity index (χ0v) is 11.7. The topological polar surface area (TPSA) is 63.4 Å². The maximum Gasteiger partial charge on any atom is 0.151 e. The van der Waals surface area contributed by atoms with Crippen molar-refractivity contribution in [3.05, 3.63) is 0 Å². The van der Waals surface area contributed by atoms with Crippen LogP contribution in [-0.2, 0) is 9.84 Å². The van der Waals surface area contributed by atoms with Crippen molar-refractivity contribution in [1.82, 2.24) is 4.90 Å². The summed E-state index contributed by atoms with van der Waals surface area (Å²) in [6.07, 6.45) is 3.87. The molecule has 0 aliphatic carbocycles. The van der Waals surface area contributed by atoms with Crippen molar-refractivity contribution >= 4 is 21.6 Å². The van der Waals surface area contributed by atoms with Crippen LogP contribution >= 0.6 is 11.8 Å². The first kappa shape index (κ1) is 14.3. The van der Waals surface area contributed by atoms with E-state index in [-0.39, 0.29) is 6.04 Å². The maximum atomic E-state index is 11.4. The Morgan fingerprint density at radius 3 is 2.69 bits per heavy atom. The van der Waals surface area contributed by atoms with Crippen LogP contribution in [0.2, 0.25) is 0 Å². The van der Waals surface area contributed by atoms with Gasteiger partial charge in [-0.1, -0.05) is 0 Å². The van der Waals surface area contributed by atoms with E-state index in [2.05, 4.69) is 11.2 Å². The molecule has 1 aliphatic rings. The van der Waals surface area contributed by atoms with E-state index in [1.165, 1.54) is 0 Å². The van der Waals surface area contributed by atoms with Crippen LogP contribution in [-0.4, -0.2) is 62.5 Å². The average Bonchev–Trinajstić information content (AvgIpc) is 2.59. The van der Waals surface area contributed by atoms with Crippen LogP contribution in [0, 0.1) is 0 Å². The SMILES string of the molecule is CSCCC(CN)N(C)C1CCS(=O)(=O)C1. The number of nitrogens with two attached hydrogens (primary N) is 1. The summed E-state index contributed by atoms with van der Waals surface area (Å²) in [6.45, 7) is 0.605. The lowest BCUT2D eigenvalue weighted by molar-refractivity contribution is 0.187. The fraction of sp³-hybridized carbons (Fsp3) is 1.00. The molecule has 96 valence electrons. The summed E-state index contributed by atoms with van der Waals surface area (Å²) in [7, 11) is -0.787. The zero-order chi connectivity index (χ0) is 12.2. The molecule has 2 unspecified atom stereocenters. The third kappa shape index (κ3) is 3.91. The van der Waals surface area contributed by atoms with E-state index in [9.17, 15) is 8.42 Å². The van der Waals surface area contributed by atoms with Gasteiger partial charge in [0.05, 0.1) is 11.5 Å². The summed E-state index contributed by atoms with van der Waals surface area (Å²) < 4.78 is 22.8. The van der Waals surface area contributed by atoms with Crippen LogP contribution in [0.5, 0.6) is 0 Å². The highest BCUT2D eigenvalue weighted by atomic mass is 32.2. The third-order valence-corrected chi connectivity index (χ3v) is 5.68. The molecule has 0 radical (unpaired) electrons. The summed E-state index contributed by atoms with van der Waals surface area (Å²) in [5.41, 5.74) is 5.75. The lowest BCUT2D eigenvalue weighted by Gasteiger charge is -2.31. The van der Waals surface area contributed by atoms with Crippen LogP contribution < -0.4 is 5.73 Å². The first-order chi connectivity index (χ1) is 7.50. The van der Waals surface area contributed by atoms with Crippen molar-refractivity contribution in [2.75, 3.05) is 37.1 Å². The highest BCUT2D eigenvalue weighted by Gasteiger charge is 2.32. The minimum Gasteiger partial charge on any atom is -0.329 e. The van der Waals surface area contributed by atoms with Crippen LogP contribution in [0.1, 0.15) is 12.8 Å². The highest BCUT2D eigenvalue weighted by Crippen LogP contribution is 2.19. The number of nitrogens with zero attached hydrogens (tertiary/aromatic N) is 1. The third-order valence-electron chi connectivity index (χ3n) is 3.29. The molecular weight excluding hydrogens is 244 g/mol. The zero-order valence-electron chi connectivity index (χ0n) is 10.1. The van der Waals surface area contributed by atoms with Crippen molar-refractivity contribution < 1.29 is 8.42 Å². The van der Waals surface area contributed by atoms with Gasteiger partial charge in [0.1, 0.15) is 0 Å². The van der Waals surface area contributed by atoms with Gasteiger partial charge in [0.15, 0.2) is 9.84 Å². The lowest BCUT2D eigenvalue weighted by Crippen LogP contribution is -2.45. The smallest absolute Gasteiger partial charge is 0.151 e. The van der Waals surface area contributed by atoms with Gasteiger partial charge in [-0.3, -0.25) is 4.90 Å². The summed E-state index contributed by atoms with van der Waals surface area (Å²) in [6, 6.07) is 0.478. The summed E-state index contributed by atoms with van der Waals surface area (Å²) in [5, 5.41) is 0. The molecule has 6 heteroatoms. The Hall–Kier alpha value is 0.220. The number of sulfone groups is 1. The van der Waals surface area contributed by atoms with Crippen LogP contribution in [0.25, 0.3) is 0 Å². The molecule has 0 aromatic carbocycles. The van der Waals surface area contributed by atoms with Gasteiger partial charge in [0, 0.05) is 18.6 Å². The largest absolute Gasteiger partial charge is 0.329 e. The molecule has 1 fully saturated rings. The second-order valence-electron chi connectivity index (χ2n) is 4.39. The van der Waals surface area contributed by atoms with Gasteiger partial charge in [0.25, 0.3) is 0 Å². The van der Waals surface area contributed by atoms with E-state index in [0.29, 0.717) is 24.1 Å². The number of hydrogen-bond acceptors (Lipinski definition) is 5. The molecule has 2 atom stereocenters. The number of rotatable bonds is 6. The second-order valence-corrected chi connectivity index (χ2v) is 7.61. The van der Waals surface area contributed by atoms with Gasteiger partial charge in [-0.15, -0.1) is 0 Å². The molecule has 2 N–H and O–H groups in total. The van der Waals surface area contributed by atoms with Gasteiger partial charge >= 0.3 is 0 Å². The minimum atomic E-state index is -2.79. The fourth-order valence-corrected chi connectivity index (χ4v) is 4.43. The predicted octanol–water partition coefficient (Wildman–Crippen LogP) is 0.186. The van der Waals surface area contributed by atoms with Gasteiger partial charge < -0.3 is 5.73 Å². The second kappa shape index (κ2) is 6.23. The van der Waals surface area contributed by atoms with Crippen molar-refractivity contribution in [3.8, 4) is 0 Å². The van der Waals surface area contributed by atoms with Gasteiger partial charge in [-0.2, -0.15) is 11.8 Å². The number of likely N-dealkylation sites (N-methyl/N-ethyl adjacent to an activating group) is 1. The Bertz CT molecular complexity index is 306. The predicted molar refractivity (Wildman–Crippen MR) is 70.7 cm³/mol. The average molecular weight is 266 g/mol.